The molecule has 0 radical (unpaired) electrons. The van der Waals surface area contributed by atoms with E-state index in [9.17, 15) is 19.3 Å². The monoisotopic (exact) mass is 313 g/mol. The summed E-state index contributed by atoms with van der Waals surface area (Å²) in [5.41, 5.74) is 4.35. The zero-order valence-electron chi connectivity index (χ0n) is 11.5. The van der Waals surface area contributed by atoms with Crippen LogP contribution in [0.3, 0.4) is 0 Å². The van der Waals surface area contributed by atoms with Gasteiger partial charge >= 0.3 is 0 Å². The van der Waals surface area contributed by atoms with Gasteiger partial charge in [-0.2, -0.15) is 11.8 Å². The minimum Gasteiger partial charge on any atom is -0.396 e. The number of benzene rings is 1. The molecule has 2 unspecified atom stereocenters. The molecule has 1 aromatic rings. The maximum Gasteiger partial charge on any atom is 0.285 e. The van der Waals surface area contributed by atoms with Gasteiger partial charge in [0, 0.05) is 11.3 Å². The highest BCUT2D eigenvalue weighted by Crippen LogP contribution is 2.29. The minimum atomic E-state index is -0.901. The van der Waals surface area contributed by atoms with Crippen LogP contribution in [0.2, 0.25) is 0 Å². The molecule has 0 spiro atoms. The summed E-state index contributed by atoms with van der Waals surface area (Å²) in [5, 5.41) is 14.2. The number of anilines is 1. The zero-order chi connectivity index (χ0) is 15.6. The smallest absolute Gasteiger partial charge is 0.285 e. The molecule has 1 saturated carbocycles. The fourth-order valence-corrected chi connectivity index (χ4v) is 3.26. The van der Waals surface area contributed by atoms with E-state index in [0.717, 1.165) is 25.3 Å². The number of carbonyl (C=O) groups excluding carboxylic acids is 1. The Balaban J connectivity index is 2.19. The molecule has 1 amide bonds. The number of nitrogen functional groups attached to an aromatic ring is 1. The second-order valence-electron chi connectivity index (χ2n) is 4.99. The third kappa shape index (κ3) is 3.44. The maximum atomic E-state index is 13.3. The molecule has 114 valence electrons. The summed E-state index contributed by atoms with van der Waals surface area (Å²) in [5.74, 6) is -1.48. The van der Waals surface area contributed by atoms with Gasteiger partial charge in [-0.15, -0.1) is 0 Å². The van der Waals surface area contributed by atoms with Gasteiger partial charge in [0.1, 0.15) is 5.56 Å². The third-order valence-corrected chi connectivity index (χ3v) is 4.70. The number of hydrogen-bond donors (Lipinski definition) is 2. The Morgan fingerprint density at radius 2 is 2.24 bits per heavy atom. The van der Waals surface area contributed by atoms with Crippen molar-refractivity contribution in [1.82, 2.24) is 5.32 Å². The molecule has 0 aliphatic heterocycles. The van der Waals surface area contributed by atoms with Crippen molar-refractivity contribution in [2.24, 2.45) is 0 Å². The average molecular weight is 313 g/mol. The number of nitrogens with two attached hydrogens (primary N) is 1. The van der Waals surface area contributed by atoms with Gasteiger partial charge in [0.2, 0.25) is 0 Å². The summed E-state index contributed by atoms with van der Waals surface area (Å²) < 4.78 is 13.3. The summed E-state index contributed by atoms with van der Waals surface area (Å²) in [4.78, 5) is 22.3. The van der Waals surface area contributed by atoms with Gasteiger partial charge in [0.05, 0.1) is 16.7 Å². The van der Waals surface area contributed by atoms with Crippen molar-refractivity contribution in [2.45, 2.75) is 30.6 Å². The van der Waals surface area contributed by atoms with Crippen molar-refractivity contribution in [3.05, 3.63) is 33.6 Å². The molecule has 21 heavy (non-hydrogen) atoms. The molecule has 1 aliphatic rings. The van der Waals surface area contributed by atoms with Crippen LogP contribution in [0.4, 0.5) is 15.8 Å². The van der Waals surface area contributed by atoms with E-state index in [1.165, 1.54) is 0 Å². The Hall–Kier alpha value is -1.83. The van der Waals surface area contributed by atoms with Gasteiger partial charge in [-0.05, 0) is 31.6 Å². The molecule has 1 fully saturated rings. The van der Waals surface area contributed by atoms with Gasteiger partial charge in [-0.1, -0.05) is 0 Å². The normalized spacial score (nSPS) is 21.2. The van der Waals surface area contributed by atoms with Gasteiger partial charge in [-0.25, -0.2) is 4.39 Å². The minimum absolute atomic E-state index is 0.0131. The van der Waals surface area contributed by atoms with Crippen molar-refractivity contribution in [3.8, 4) is 0 Å². The van der Waals surface area contributed by atoms with Crippen LogP contribution in [0.25, 0.3) is 0 Å². The first-order valence-electron chi connectivity index (χ1n) is 6.49. The number of halogens is 1. The van der Waals surface area contributed by atoms with E-state index in [-0.39, 0.29) is 17.3 Å². The number of nitrogens with zero attached hydrogens (tertiary/aromatic N) is 1. The largest absolute Gasteiger partial charge is 0.396 e. The molecule has 0 saturated heterocycles. The zero-order valence-corrected chi connectivity index (χ0v) is 12.3. The van der Waals surface area contributed by atoms with E-state index in [1.54, 1.807) is 11.8 Å². The fourth-order valence-electron chi connectivity index (χ4n) is 2.46. The summed E-state index contributed by atoms with van der Waals surface area (Å²) >= 11 is 1.74. The van der Waals surface area contributed by atoms with E-state index in [1.807, 2.05) is 6.26 Å². The van der Waals surface area contributed by atoms with Crippen LogP contribution in [0.5, 0.6) is 0 Å². The standard InChI is InChI=1S/C13H16FN3O3S/c1-21-8-3-2-7(4-8)16-13(18)9-5-11(15)10(14)6-12(9)17(19)20/h5-8H,2-4,15H2,1H3,(H,16,18). The highest BCUT2D eigenvalue weighted by Gasteiger charge is 2.28. The molecular weight excluding hydrogens is 297 g/mol. The summed E-state index contributed by atoms with van der Waals surface area (Å²) in [6, 6.07) is 1.69. The van der Waals surface area contributed by atoms with Gasteiger partial charge < -0.3 is 11.1 Å². The lowest BCUT2D eigenvalue weighted by molar-refractivity contribution is -0.385. The van der Waals surface area contributed by atoms with E-state index >= 15 is 0 Å². The highest BCUT2D eigenvalue weighted by atomic mass is 32.2. The molecule has 1 aromatic carbocycles. The number of thioether (sulfide) groups is 1. The van der Waals surface area contributed by atoms with Crippen LogP contribution in [-0.4, -0.2) is 28.4 Å². The van der Waals surface area contributed by atoms with Crippen molar-refractivity contribution in [2.75, 3.05) is 12.0 Å². The van der Waals surface area contributed by atoms with E-state index in [2.05, 4.69) is 5.32 Å². The first-order chi connectivity index (χ1) is 9.92. The Labute approximate surface area is 125 Å². The molecule has 2 atom stereocenters. The first-order valence-corrected chi connectivity index (χ1v) is 7.78. The highest BCUT2D eigenvalue weighted by molar-refractivity contribution is 7.99. The molecular formula is C13H16FN3O3S. The van der Waals surface area contributed by atoms with Crippen LogP contribution in [0.1, 0.15) is 29.6 Å². The van der Waals surface area contributed by atoms with Crippen molar-refractivity contribution in [3.63, 3.8) is 0 Å². The second-order valence-corrected chi connectivity index (χ2v) is 6.13. The molecule has 3 N–H and O–H groups in total. The lowest BCUT2D eigenvalue weighted by atomic mass is 10.1. The van der Waals surface area contributed by atoms with Crippen LogP contribution in [0, 0.1) is 15.9 Å². The Morgan fingerprint density at radius 3 is 2.81 bits per heavy atom. The topological polar surface area (TPSA) is 98.3 Å². The quantitative estimate of drug-likeness (QED) is 0.505. The lowest BCUT2D eigenvalue weighted by Gasteiger charge is -2.13. The van der Waals surface area contributed by atoms with Crippen LogP contribution >= 0.6 is 11.8 Å². The molecule has 1 aliphatic carbocycles. The van der Waals surface area contributed by atoms with Crippen LogP contribution < -0.4 is 11.1 Å². The van der Waals surface area contributed by atoms with E-state index in [4.69, 9.17) is 5.73 Å². The fraction of sp³-hybridized carbons (Fsp3) is 0.462. The molecule has 0 aromatic heterocycles. The number of rotatable bonds is 4. The van der Waals surface area contributed by atoms with Crippen molar-refractivity contribution in [1.29, 1.82) is 0 Å². The first kappa shape index (κ1) is 15.6. The number of nitro benzene ring substituents is 1. The maximum absolute atomic E-state index is 13.3. The van der Waals surface area contributed by atoms with Gasteiger partial charge in [-0.3, -0.25) is 14.9 Å². The molecule has 8 heteroatoms. The van der Waals surface area contributed by atoms with Crippen LogP contribution in [0.15, 0.2) is 12.1 Å². The summed E-state index contributed by atoms with van der Waals surface area (Å²) in [7, 11) is 0. The molecule has 0 heterocycles. The average Bonchev–Trinajstić information content (AvgIpc) is 2.88. The number of nitrogens with one attached hydrogen (secondary N) is 1. The lowest BCUT2D eigenvalue weighted by Crippen LogP contribution is -2.33. The third-order valence-electron chi connectivity index (χ3n) is 3.61. The number of hydrogen-bond acceptors (Lipinski definition) is 5. The summed E-state index contributed by atoms with van der Waals surface area (Å²) in [6.07, 6.45) is 4.68. The predicted molar refractivity (Wildman–Crippen MR) is 79.9 cm³/mol. The SMILES string of the molecule is CSC1CCC(NC(=O)c2cc(N)c(F)cc2[N+](=O)[O-])C1. The molecule has 0 bridgehead atoms. The molecule has 6 nitrogen and oxygen atoms in total. The predicted octanol–water partition coefficient (Wildman–Crippen LogP) is 2.33. The molecule has 2 rings (SSSR count). The van der Waals surface area contributed by atoms with E-state index < -0.39 is 22.3 Å². The number of nitro groups is 1. The Morgan fingerprint density at radius 1 is 1.52 bits per heavy atom. The Kier molecular flexibility index (Phi) is 4.66. The van der Waals surface area contributed by atoms with Crippen LogP contribution in [-0.2, 0) is 0 Å². The van der Waals surface area contributed by atoms with E-state index in [0.29, 0.717) is 11.3 Å². The Bertz CT molecular complexity index is 582. The number of carbonyl (C=O) groups is 1. The van der Waals surface area contributed by atoms with Crippen molar-refractivity contribution < 1.29 is 14.1 Å². The van der Waals surface area contributed by atoms with Crippen molar-refractivity contribution >= 4 is 29.0 Å². The van der Waals surface area contributed by atoms with Gasteiger partial charge in [0.25, 0.3) is 11.6 Å². The van der Waals surface area contributed by atoms with Gasteiger partial charge in [0.15, 0.2) is 5.82 Å². The summed E-state index contributed by atoms with van der Waals surface area (Å²) in [6.45, 7) is 0. The number of amides is 1. The second kappa shape index (κ2) is 6.30.